The molecule has 1 amide bonds. The monoisotopic (exact) mass is 283 g/mol. The fourth-order valence-corrected chi connectivity index (χ4v) is 2.16. The highest BCUT2D eigenvalue weighted by Crippen LogP contribution is 2.24. The lowest BCUT2D eigenvalue weighted by Crippen LogP contribution is -2.35. The second-order valence-corrected chi connectivity index (χ2v) is 6.11. The molecule has 1 saturated heterocycles. The zero-order chi connectivity index (χ0) is 15.3. The molecule has 1 atom stereocenters. The summed E-state index contributed by atoms with van der Waals surface area (Å²) in [7, 11) is 0. The first-order valence-electron chi connectivity index (χ1n) is 7.05. The van der Waals surface area contributed by atoms with Crippen molar-refractivity contribution in [1.29, 1.82) is 0 Å². The van der Waals surface area contributed by atoms with E-state index < -0.39 is 5.60 Å². The molecule has 0 aromatic rings. The van der Waals surface area contributed by atoms with Gasteiger partial charge in [0.2, 0.25) is 0 Å². The van der Waals surface area contributed by atoms with Crippen LogP contribution < -0.4 is 0 Å². The van der Waals surface area contributed by atoms with Gasteiger partial charge in [0, 0.05) is 18.7 Å². The van der Waals surface area contributed by atoms with E-state index in [1.807, 2.05) is 20.8 Å². The van der Waals surface area contributed by atoms with Crippen molar-refractivity contribution in [2.24, 2.45) is 5.92 Å². The van der Waals surface area contributed by atoms with Crippen molar-refractivity contribution in [3.05, 3.63) is 12.2 Å². The molecule has 0 aromatic carbocycles. The number of carbonyl (C=O) groups excluding carboxylic acids is 2. The van der Waals surface area contributed by atoms with Gasteiger partial charge < -0.3 is 14.4 Å². The lowest BCUT2D eigenvalue weighted by Gasteiger charge is -2.24. The Kier molecular flexibility index (Phi) is 5.60. The molecule has 0 aromatic heterocycles. The summed E-state index contributed by atoms with van der Waals surface area (Å²) in [6.45, 7) is 12.7. The van der Waals surface area contributed by atoms with Gasteiger partial charge in [-0.1, -0.05) is 6.58 Å². The van der Waals surface area contributed by atoms with Gasteiger partial charge in [-0.15, -0.1) is 0 Å². The maximum atomic E-state index is 11.9. The number of nitrogens with zero attached hydrogens (tertiary/aromatic N) is 1. The molecule has 1 aliphatic heterocycles. The smallest absolute Gasteiger partial charge is 0.410 e. The Morgan fingerprint density at radius 2 is 2.00 bits per heavy atom. The van der Waals surface area contributed by atoms with Crippen LogP contribution in [0.2, 0.25) is 0 Å². The zero-order valence-corrected chi connectivity index (χ0v) is 12.9. The first-order chi connectivity index (χ1) is 9.23. The van der Waals surface area contributed by atoms with Crippen LogP contribution in [-0.4, -0.2) is 42.3 Å². The van der Waals surface area contributed by atoms with Crippen LogP contribution in [-0.2, 0) is 14.3 Å². The maximum Gasteiger partial charge on any atom is 0.410 e. The quantitative estimate of drug-likeness (QED) is 0.588. The summed E-state index contributed by atoms with van der Waals surface area (Å²) in [6.07, 6.45) is 1.14. The zero-order valence-electron chi connectivity index (χ0n) is 12.9. The van der Waals surface area contributed by atoms with Crippen molar-refractivity contribution in [3.8, 4) is 0 Å². The Bertz CT molecular complexity index is 384. The summed E-state index contributed by atoms with van der Waals surface area (Å²) in [5.41, 5.74) is -0.00754. The average molecular weight is 283 g/mol. The second kappa shape index (κ2) is 6.77. The number of hydrogen-bond donors (Lipinski definition) is 0. The van der Waals surface area contributed by atoms with Gasteiger partial charge in [-0.05, 0) is 46.5 Å². The van der Waals surface area contributed by atoms with Gasteiger partial charge in [0.25, 0.3) is 0 Å². The molecule has 1 aliphatic rings. The normalized spacial score (nSPS) is 18.8. The maximum absolute atomic E-state index is 11.9. The van der Waals surface area contributed by atoms with Crippen LogP contribution in [0.15, 0.2) is 12.2 Å². The third-order valence-electron chi connectivity index (χ3n) is 3.04. The van der Waals surface area contributed by atoms with Gasteiger partial charge in [0.05, 0.1) is 6.61 Å². The highest BCUT2D eigenvalue weighted by molar-refractivity contribution is 5.87. The van der Waals surface area contributed by atoms with E-state index in [2.05, 4.69) is 6.58 Å². The lowest BCUT2D eigenvalue weighted by molar-refractivity contribution is -0.138. The summed E-state index contributed by atoms with van der Waals surface area (Å²) >= 11 is 0. The molecule has 1 fully saturated rings. The highest BCUT2D eigenvalue weighted by Gasteiger charge is 2.30. The number of carbonyl (C=O) groups is 2. The second-order valence-electron chi connectivity index (χ2n) is 6.11. The Labute approximate surface area is 120 Å². The standard InChI is InChI=1S/C15H25NO4/c1-6-19-13(17)11(2)9-12-7-8-16(10-12)14(18)20-15(3,4)5/h12H,2,6-10H2,1,3-5H3. The van der Waals surface area contributed by atoms with E-state index in [1.165, 1.54) is 0 Å². The first-order valence-corrected chi connectivity index (χ1v) is 7.05. The Morgan fingerprint density at radius 3 is 2.55 bits per heavy atom. The number of ether oxygens (including phenoxy) is 2. The van der Waals surface area contributed by atoms with E-state index >= 15 is 0 Å². The molecular formula is C15H25NO4. The Hall–Kier alpha value is -1.52. The Morgan fingerprint density at radius 1 is 1.35 bits per heavy atom. The van der Waals surface area contributed by atoms with E-state index in [0.717, 1.165) is 6.42 Å². The van der Waals surface area contributed by atoms with Crippen LogP contribution in [0.1, 0.15) is 40.5 Å². The van der Waals surface area contributed by atoms with E-state index in [9.17, 15) is 9.59 Å². The number of hydrogen-bond acceptors (Lipinski definition) is 4. The number of esters is 1. The molecule has 0 saturated carbocycles. The lowest BCUT2D eigenvalue weighted by atomic mass is 10.00. The third-order valence-corrected chi connectivity index (χ3v) is 3.04. The third kappa shape index (κ3) is 5.23. The van der Waals surface area contributed by atoms with Gasteiger partial charge in [0.15, 0.2) is 0 Å². The molecule has 1 unspecified atom stereocenters. The van der Waals surface area contributed by atoms with Crippen molar-refractivity contribution < 1.29 is 19.1 Å². The van der Waals surface area contributed by atoms with Gasteiger partial charge in [-0.3, -0.25) is 0 Å². The molecule has 0 aliphatic carbocycles. The van der Waals surface area contributed by atoms with Crippen molar-refractivity contribution in [2.45, 2.75) is 46.1 Å². The van der Waals surface area contributed by atoms with E-state index in [0.29, 0.717) is 31.7 Å². The van der Waals surface area contributed by atoms with Crippen molar-refractivity contribution in [1.82, 2.24) is 4.90 Å². The predicted molar refractivity (Wildman–Crippen MR) is 76.3 cm³/mol. The summed E-state index contributed by atoms with van der Waals surface area (Å²) in [5.74, 6) is -0.0948. The predicted octanol–water partition coefficient (Wildman–Crippen LogP) is 2.75. The minimum Gasteiger partial charge on any atom is -0.463 e. The minimum atomic E-state index is -0.482. The van der Waals surface area contributed by atoms with E-state index in [4.69, 9.17) is 9.47 Å². The van der Waals surface area contributed by atoms with Gasteiger partial charge in [0.1, 0.15) is 5.60 Å². The minimum absolute atomic E-state index is 0.249. The van der Waals surface area contributed by atoms with Crippen molar-refractivity contribution in [2.75, 3.05) is 19.7 Å². The average Bonchev–Trinajstić information content (AvgIpc) is 2.75. The molecule has 114 valence electrons. The van der Waals surface area contributed by atoms with Crippen molar-refractivity contribution >= 4 is 12.1 Å². The highest BCUT2D eigenvalue weighted by atomic mass is 16.6. The van der Waals surface area contributed by atoms with Gasteiger partial charge in [-0.25, -0.2) is 9.59 Å². The number of rotatable bonds is 4. The molecule has 20 heavy (non-hydrogen) atoms. The molecule has 0 spiro atoms. The fraction of sp³-hybridized carbons (Fsp3) is 0.733. The number of likely N-dealkylation sites (tertiary alicyclic amines) is 1. The van der Waals surface area contributed by atoms with Crippen LogP contribution in [0.5, 0.6) is 0 Å². The molecule has 0 N–H and O–H groups in total. The molecule has 0 bridgehead atoms. The van der Waals surface area contributed by atoms with Crippen LogP contribution in [0.3, 0.4) is 0 Å². The van der Waals surface area contributed by atoms with Crippen LogP contribution in [0.25, 0.3) is 0 Å². The van der Waals surface area contributed by atoms with E-state index in [-0.39, 0.29) is 18.0 Å². The largest absolute Gasteiger partial charge is 0.463 e. The summed E-state index contributed by atoms with van der Waals surface area (Å²) < 4.78 is 10.2. The Balaban J connectivity index is 2.42. The van der Waals surface area contributed by atoms with Gasteiger partial charge >= 0.3 is 12.1 Å². The molecule has 0 radical (unpaired) electrons. The van der Waals surface area contributed by atoms with Crippen LogP contribution >= 0.6 is 0 Å². The number of amides is 1. The molecule has 1 rings (SSSR count). The van der Waals surface area contributed by atoms with Crippen LogP contribution in [0, 0.1) is 5.92 Å². The summed E-state index contributed by atoms with van der Waals surface area (Å²) in [6, 6.07) is 0. The summed E-state index contributed by atoms with van der Waals surface area (Å²) in [4.78, 5) is 25.1. The summed E-state index contributed by atoms with van der Waals surface area (Å²) in [5, 5.41) is 0. The fourth-order valence-electron chi connectivity index (χ4n) is 2.16. The molecular weight excluding hydrogens is 258 g/mol. The molecule has 1 heterocycles. The SMILES string of the molecule is C=C(CC1CCN(C(=O)OC(C)(C)C)C1)C(=O)OCC. The van der Waals surface area contributed by atoms with Crippen molar-refractivity contribution in [3.63, 3.8) is 0 Å². The van der Waals surface area contributed by atoms with Crippen LogP contribution in [0.4, 0.5) is 4.79 Å². The van der Waals surface area contributed by atoms with Gasteiger partial charge in [-0.2, -0.15) is 0 Å². The molecule has 5 heteroatoms. The topological polar surface area (TPSA) is 55.8 Å². The molecule has 5 nitrogen and oxygen atoms in total. The first kappa shape index (κ1) is 16.5. The van der Waals surface area contributed by atoms with E-state index in [1.54, 1.807) is 11.8 Å².